The number of carbonyl (C=O) groups is 3. The molecule has 4 fully saturated rings. The summed E-state index contributed by atoms with van der Waals surface area (Å²) < 4.78 is 0. The lowest BCUT2D eigenvalue weighted by molar-refractivity contribution is -0.175. The topological polar surface area (TPSA) is 90.3 Å². The van der Waals surface area contributed by atoms with Crippen LogP contribution in [0.5, 0.6) is 0 Å². The first-order chi connectivity index (χ1) is 19.2. The maximum absolute atomic E-state index is 14.7. The lowest BCUT2D eigenvalue weighted by Crippen LogP contribution is -2.66. The van der Waals surface area contributed by atoms with Gasteiger partial charge in [-0.25, -0.2) is 4.79 Å². The molecule has 0 aromatic heterocycles. The summed E-state index contributed by atoms with van der Waals surface area (Å²) in [6.45, 7) is 18.0. The summed E-state index contributed by atoms with van der Waals surface area (Å²) in [7, 11) is 0. The molecule has 0 aromatic rings. The number of Topliss-reactive ketones (excluding diaryl/α,β-unsaturated/α-hetero) is 1. The predicted octanol–water partition coefficient (Wildman–Crippen LogP) is 6.48. The zero-order valence-electron chi connectivity index (χ0n) is 26.2. The van der Waals surface area contributed by atoms with Gasteiger partial charge < -0.3 is 10.2 Å². The zero-order chi connectivity index (χ0) is 29.8. The molecule has 6 aliphatic rings. The van der Waals surface area contributed by atoms with Gasteiger partial charge in [-0.1, -0.05) is 60.1 Å². The third-order valence-corrected chi connectivity index (χ3v) is 14.1. The Bertz CT molecular complexity index is 1300. The van der Waals surface area contributed by atoms with Gasteiger partial charge in [0.05, 0.1) is 5.57 Å². The molecule has 9 atom stereocenters. The molecule has 6 nitrogen and oxygen atoms in total. The number of fused-ring (bicyclic) bond motifs is 7. The maximum Gasteiger partial charge on any atom is 0.317 e. The van der Waals surface area contributed by atoms with Crippen molar-refractivity contribution in [1.29, 1.82) is 5.26 Å². The SMILES string of the molecule is C[C@@H]1[C@H]2[C@H]3C(=O)C=C4[C@@]5(C)C=C(C#N)C(=O)C(C)(C)[C@@H]5CC[C@@]4(C)[C@]3(C)CC[C@@]2(CNC(=O)N2CCC2)CC[C@H]1C. The molecule has 0 radical (unpaired) electrons. The van der Waals surface area contributed by atoms with Crippen LogP contribution in [0.25, 0.3) is 0 Å². The van der Waals surface area contributed by atoms with Crippen molar-refractivity contribution in [1.82, 2.24) is 10.2 Å². The Morgan fingerprint density at radius 2 is 1.76 bits per heavy atom. The van der Waals surface area contributed by atoms with E-state index in [0.717, 1.165) is 63.6 Å². The van der Waals surface area contributed by atoms with Crippen LogP contribution < -0.4 is 5.32 Å². The molecule has 6 rings (SSSR count). The molecule has 1 heterocycles. The molecule has 41 heavy (non-hydrogen) atoms. The highest BCUT2D eigenvalue weighted by atomic mass is 16.2. The van der Waals surface area contributed by atoms with Crippen LogP contribution in [-0.4, -0.2) is 42.1 Å². The fourth-order valence-electron chi connectivity index (χ4n) is 11.2. The molecule has 2 amide bonds. The molecule has 222 valence electrons. The standard InChI is InChI=1S/C35H49N3O3/c1-21-9-12-35(20-37-30(41)38-15-8-16-38)14-13-34(7)28(27(35)22(21)2)24(39)17-26-32(5)18-23(19-36)29(40)31(3,4)25(32)10-11-33(26,34)6/h17-18,21-22,25,27-28H,8-16,20H2,1-7H3,(H,37,41)/t21-,22+,25+,27+,28-,32+,33-,34-,35-/m1/s1. The number of nitrogens with one attached hydrogen (secondary N) is 1. The van der Waals surface area contributed by atoms with Crippen LogP contribution in [0.3, 0.4) is 0 Å². The third kappa shape index (κ3) is 3.62. The van der Waals surface area contributed by atoms with Gasteiger partial charge in [0, 0.05) is 36.4 Å². The van der Waals surface area contributed by atoms with Gasteiger partial charge in [-0.15, -0.1) is 0 Å². The predicted molar refractivity (Wildman–Crippen MR) is 158 cm³/mol. The molecule has 0 bridgehead atoms. The van der Waals surface area contributed by atoms with Crippen molar-refractivity contribution in [2.75, 3.05) is 19.6 Å². The first kappa shape index (κ1) is 28.7. The van der Waals surface area contributed by atoms with Crippen molar-refractivity contribution in [3.63, 3.8) is 0 Å². The van der Waals surface area contributed by atoms with E-state index in [1.165, 1.54) is 0 Å². The Kier molecular flexibility index (Phi) is 6.33. The molecule has 0 spiro atoms. The molecule has 0 aromatic carbocycles. The number of amides is 2. The highest BCUT2D eigenvalue weighted by Gasteiger charge is 2.70. The number of allylic oxidation sites excluding steroid dienone is 4. The van der Waals surface area contributed by atoms with Gasteiger partial charge >= 0.3 is 6.03 Å². The van der Waals surface area contributed by atoms with Crippen molar-refractivity contribution in [3.05, 3.63) is 23.3 Å². The van der Waals surface area contributed by atoms with Crippen molar-refractivity contribution in [2.45, 2.75) is 93.4 Å². The molecular weight excluding hydrogens is 510 g/mol. The van der Waals surface area contributed by atoms with Gasteiger partial charge in [0.15, 0.2) is 11.6 Å². The number of ketones is 2. The minimum atomic E-state index is -0.652. The summed E-state index contributed by atoms with van der Waals surface area (Å²) >= 11 is 0. The lowest BCUT2D eigenvalue weighted by atomic mass is 9.34. The van der Waals surface area contributed by atoms with Crippen LogP contribution in [0.15, 0.2) is 23.3 Å². The number of nitriles is 1. The Labute approximate surface area is 246 Å². The van der Waals surface area contributed by atoms with Crippen molar-refractivity contribution >= 4 is 17.6 Å². The summed E-state index contributed by atoms with van der Waals surface area (Å²) in [5.74, 6) is 1.26. The van der Waals surface area contributed by atoms with Crippen molar-refractivity contribution in [2.24, 2.45) is 56.7 Å². The minimum absolute atomic E-state index is 0.0499. The Morgan fingerprint density at radius 1 is 1.05 bits per heavy atom. The van der Waals surface area contributed by atoms with Crippen LogP contribution in [0.4, 0.5) is 4.79 Å². The Balaban J connectivity index is 1.44. The first-order valence-electron chi connectivity index (χ1n) is 16.1. The number of urea groups is 1. The van der Waals surface area contributed by atoms with Crippen LogP contribution in [-0.2, 0) is 9.59 Å². The monoisotopic (exact) mass is 559 g/mol. The molecule has 5 aliphatic carbocycles. The van der Waals surface area contributed by atoms with Crippen LogP contribution in [0.1, 0.15) is 93.4 Å². The van der Waals surface area contributed by atoms with Crippen LogP contribution in [0, 0.1) is 68.0 Å². The van der Waals surface area contributed by atoms with Gasteiger partial charge in [0.1, 0.15) is 6.07 Å². The minimum Gasteiger partial charge on any atom is -0.337 e. The summed E-state index contributed by atoms with van der Waals surface area (Å²) in [5, 5.41) is 13.3. The molecule has 1 N–H and O–H groups in total. The van der Waals surface area contributed by atoms with E-state index in [-0.39, 0.29) is 57.2 Å². The van der Waals surface area contributed by atoms with Gasteiger partial charge in [0.2, 0.25) is 0 Å². The highest BCUT2D eigenvalue weighted by molar-refractivity contribution is 6.04. The Hall–Kier alpha value is -2.42. The number of carbonyl (C=O) groups excluding carboxylic acids is 3. The average molecular weight is 560 g/mol. The fraction of sp³-hybridized carbons (Fsp3) is 0.771. The molecule has 3 saturated carbocycles. The van der Waals surface area contributed by atoms with Crippen molar-refractivity contribution in [3.8, 4) is 6.07 Å². The molecule has 6 heteroatoms. The van der Waals surface area contributed by atoms with Gasteiger partial charge in [-0.05, 0) is 90.9 Å². The lowest BCUT2D eigenvalue weighted by Gasteiger charge is -2.69. The van der Waals surface area contributed by atoms with E-state index in [0.29, 0.717) is 18.4 Å². The number of nitrogens with zero attached hydrogens (tertiary/aromatic N) is 2. The van der Waals surface area contributed by atoms with E-state index in [4.69, 9.17) is 0 Å². The Morgan fingerprint density at radius 3 is 2.39 bits per heavy atom. The maximum atomic E-state index is 14.7. The van der Waals surface area contributed by atoms with E-state index in [1.807, 2.05) is 30.9 Å². The van der Waals surface area contributed by atoms with E-state index in [9.17, 15) is 19.6 Å². The smallest absolute Gasteiger partial charge is 0.317 e. The van der Waals surface area contributed by atoms with Gasteiger partial charge in [-0.2, -0.15) is 5.26 Å². The average Bonchev–Trinajstić information content (AvgIpc) is 2.88. The first-order valence-corrected chi connectivity index (χ1v) is 16.1. The normalized spacial score (nSPS) is 46.4. The summed E-state index contributed by atoms with van der Waals surface area (Å²) in [5.41, 5.74) is -0.275. The third-order valence-electron chi connectivity index (χ3n) is 14.1. The van der Waals surface area contributed by atoms with Crippen molar-refractivity contribution < 1.29 is 14.4 Å². The van der Waals surface area contributed by atoms with Crippen LogP contribution in [0.2, 0.25) is 0 Å². The number of hydrogen-bond acceptors (Lipinski definition) is 4. The second-order valence-corrected chi connectivity index (χ2v) is 16.0. The summed E-state index contributed by atoms with van der Waals surface area (Å²) in [6, 6.07) is 2.26. The van der Waals surface area contributed by atoms with Crippen LogP contribution >= 0.6 is 0 Å². The van der Waals surface area contributed by atoms with Gasteiger partial charge in [-0.3, -0.25) is 9.59 Å². The summed E-state index contributed by atoms with van der Waals surface area (Å²) in [6.07, 6.45) is 11.0. The van der Waals surface area contributed by atoms with E-state index in [2.05, 4.69) is 46.0 Å². The second kappa shape index (κ2) is 9.04. The second-order valence-electron chi connectivity index (χ2n) is 16.0. The van der Waals surface area contributed by atoms with Gasteiger partial charge in [0.25, 0.3) is 0 Å². The molecular formula is C35H49N3O3. The molecule has 0 unspecified atom stereocenters. The molecule has 1 aliphatic heterocycles. The highest BCUT2D eigenvalue weighted by Crippen LogP contribution is 2.74. The van der Waals surface area contributed by atoms with E-state index >= 15 is 0 Å². The number of likely N-dealkylation sites (tertiary alicyclic amines) is 1. The van der Waals surface area contributed by atoms with E-state index < -0.39 is 10.8 Å². The van der Waals surface area contributed by atoms with E-state index in [1.54, 1.807) is 0 Å². The number of rotatable bonds is 2. The zero-order valence-corrected chi connectivity index (χ0v) is 26.2. The quantitative estimate of drug-likeness (QED) is 0.419. The largest absolute Gasteiger partial charge is 0.337 e. The molecule has 1 saturated heterocycles. The summed E-state index contributed by atoms with van der Waals surface area (Å²) in [4.78, 5) is 42.8. The fourth-order valence-corrected chi connectivity index (χ4v) is 11.2. The number of hydrogen-bond donors (Lipinski definition) is 1.